The first-order valence-electron chi connectivity index (χ1n) is 7.27. The Morgan fingerprint density at radius 1 is 1.30 bits per heavy atom. The van der Waals surface area contributed by atoms with Crippen LogP contribution in [0.25, 0.3) is 22.4 Å². The first-order valence-corrected chi connectivity index (χ1v) is 8.21. The van der Waals surface area contributed by atoms with E-state index in [1.54, 1.807) is 11.3 Å². The Kier molecular flexibility index (Phi) is 4.39. The molecular weight excluding hydrogens is 332 g/mol. The van der Waals surface area contributed by atoms with Crippen LogP contribution in [-0.2, 0) is 4.79 Å². The lowest BCUT2D eigenvalue weighted by molar-refractivity contribution is -0.125. The van der Waals surface area contributed by atoms with E-state index in [2.05, 4.69) is 57.4 Å². The van der Waals surface area contributed by atoms with Crippen LogP contribution >= 0.6 is 23.7 Å². The van der Waals surface area contributed by atoms with Crippen molar-refractivity contribution in [1.29, 1.82) is 0 Å². The van der Waals surface area contributed by atoms with Gasteiger partial charge in [0.1, 0.15) is 5.82 Å². The first kappa shape index (κ1) is 16.0. The Morgan fingerprint density at radius 3 is 2.91 bits per heavy atom. The summed E-state index contributed by atoms with van der Waals surface area (Å²) < 4.78 is 0. The van der Waals surface area contributed by atoms with E-state index >= 15 is 0 Å². The van der Waals surface area contributed by atoms with Crippen molar-refractivity contribution < 1.29 is 4.79 Å². The topological polar surface area (TPSA) is 69.8 Å². The first-order chi connectivity index (χ1) is 10.7. The minimum atomic E-state index is 0. The molecule has 7 heteroatoms. The van der Waals surface area contributed by atoms with Crippen molar-refractivity contribution in [3.05, 3.63) is 40.6 Å². The van der Waals surface area contributed by atoms with Crippen molar-refractivity contribution in [2.75, 3.05) is 0 Å². The van der Waals surface area contributed by atoms with Gasteiger partial charge in [-0.1, -0.05) is 13.0 Å². The Balaban J connectivity index is 0.00000156. The summed E-state index contributed by atoms with van der Waals surface area (Å²) >= 11 is 1.66. The van der Waals surface area contributed by atoms with Crippen molar-refractivity contribution in [3.8, 4) is 11.4 Å². The van der Waals surface area contributed by atoms with Crippen molar-refractivity contribution in [2.45, 2.75) is 19.4 Å². The number of H-pyrrole nitrogens is 1. The lowest BCUT2D eigenvalue weighted by Crippen LogP contribution is -2.48. The van der Waals surface area contributed by atoms with E-state index in [9.17, 15) is 4.79 Å². The second-order valence-corrected chi connectivity index (χ2v) is 6.51. The average molecular weight is 349 g/mol. The Bertz CT molecular complexity index is 830. The number of benzene rings is 1. The Morgan fingerprint density at radius 2 is 2.17 bits per heavy atom. The number of fused-ring (bicyclic) bond motifs is 1. The zero-order valence-corrected chi connectivity index (χ0v) is 14.1. The molecule has 1 aromatic carbocycles. The maximum atomic E-state index is 11.4. The predicted molar refractivity (Wildman–Crippen MR) is 94.5 cm³/mol. The monoisotopic (exact) mass is 348 g/mol. The Labute approximate surface area is 143 Å². The molecule has 1 aliphatic heterocycles. The summed E-state index contributed by atoms with van der Waals surface area (Å²) in [6.45, 7) is 2.09. The standard InChI is InChI=1S/C16H16N4OS.ClH/c1-9-6-14(21)19-20-15(9)10-2-3-12-13(7-10)18-16(17-12)11-4-5-22-8-11;/h2-5,7-9,15,20H,6H2,1H3,(H,17,18)(H,19,21);1H. The number of hydrazine groups is 1. The molecule has 2 atom stereocenters. The van der Waals surface area contributed by atoms with E-state index in [0.717, 1.165) is 28.0 Å². The van der Waals surface area contributed by atoms with Gasteiger partial charge in [-0.25, -0.2) is 10.4 Å². The van der Waals surface area contributed by atoms with Crippen molar-refractivity contribution >= 4 is 40.7 Å². The van der Waals surface area contributed by atoms with Gasteiger partial charge in [0.05, 0.1) is 17.1 Å². The average Bonchev–Trinajstić information content (AvgIpc) is 3.15. The fourth-order valence-corrected chi connectivity index (χ4v) is 3.57. The highest BCUT2D eigenvalue weighted by molar-refractivity contribution is 7.08. The summed E-state index contributed by atoms with van der Waals surface area (Å²) in [6, 6.07) is 8.40. The molecule has 0 radical (unpaired) electrons. The van der Waals surface area contributed by atoms with Crippen LogP contribution in [0.4, 0.5) is 0 Å². The molecule has 3 heterocycles. The van der Waals surface area contributed by atoms with Crippen molar-refractivity contribution in [3.63, 3.8) is 0 Å². The molecule has 4 rings (SSSR count). The Hall–Kier alpha value is -1.89. The highest BCUT2D eigenvalue weighted by Gasteiger charge is 2.26. The van der Waals surface area contributed by atoms with Crippen LogP contribution in [0.3, 0.4) is 0 Å². The number of nitrogens with one attached hydrogen (secondary N) is 3. The normalized spacial score (nSPS) is 21.0. The molecule has 0 aliphatic carbocycles. The molecule has 1 saturated heterocycles. The fraction of sp³-hybridized carbons (Fsp3) is 0.250. The molecule has 0 bridgehead atoms. The summed E-state index contributed by atoms with van der Waals surface area (Å²) in [7, 11) is 0. The van der Waals surface area contributed by atoms with E-state index in [4.69, 9.17) is 0 Å². The molecule has 2 aromatic heterocycles. The van der Waals surface area contributed by atoms with Gasteiger partial charge < -0.3 is 4.98 Å². The maximum absolute atomic E-state index is 11.4. The van der Waals surface area contributed by atoms with E-state index < -0.39 is 0 Å². The van der Waals surface area contributed by atoms with Crippen LogP contribution in [0.15, 0.2) is 35.0 Å². The van der Waals surface area contributed by atoms with E-state index in [1.807, 2.05) is 5.38 Å². The van der Waals surface area contributed by atoms with Crippen LogP contribution in [-0.4, -0.2) is 15.9 Å². The summed E-state index contributed by atoms with van der Waals surface area (Å²) in [5.74, 6) is 1.19. The molecule has 0 spiro atoms. The fourth-order valence-electron chi connectivity index (χ4n) is 2.93. The lowest BCUT2D eigenvalue weighted by atomic mass is 9.90. The van der Waals surface area contributed by atoms with Gasteiger partial charge in [-0.15, -0.1) is 12.4 Å². The van der Waals surface area contributed by atoms with Crippen LogP contribution in [0, 0.1) is 5.92 Å². The number of hydrogen-bond donors (Lipinski definition) is 3. The van der Waals surface area contributed by atoms with Gasteiger partial charge in [-0.05, 0) is 35.1 Å². The van der Waals surface area contributed by atoms with Gasteiger partial charge in [0.25, 0.3) is 0 Å². The molecular formula is C16H17ClN4OS. The molecule has 1 fully saturated rings. The number of carbonyl (C=O) groups is 1. The molecule has 0 saturated carbocycles. The SMILES string of the molecule is CC1CC(=O)NNC1c1ccc2[nH]c(-c3ccsc3)nc2c1.Cl. The smallest absolute Gasteiger partial charge is 0.234 e. The van der Waals surface area contributed by atoms with Gasteiger partial charge in [0.15, 0.2) is 0 Å². The number of aromatic amines is 1. The molecule has 5 nitrogen and oxygen atoms in total. The molecule has 3 N–H and O–H groups in total. The summed E-state index contributed by atoms with van der Waals surface area (Å²) in [5.41, 5.74) is 10.0. The minimum Gasteiger partial charge on any atom is -0.338 e. The highest BCUT2D eigenvalue weighted by Crippen LogP contribution is 2.29. The van der Waals surface area contributed by atoms with Crippen LogP contribution in [0.1, 0.15) is 24.9 Å². The van der Waals surface area contributed by atoms with Crippen LogP contribution in [0.5, 0.6) is 0 Å². The largest absolute Gasteiger partial charge is 0.338 e. The van der Waals surface area contributed by atoms with Gasteiger partial charge in [-0.2, -0.15) is 11.3 Å². The number of carbonyl (C=O) groups excluding carboxylic acids is 1. The van der Waals surface area contributed by atoms with Crippen molar-refractivity contribution in [2.24, 2.45) is 5.92 Å². The van der Waals surface area contributed by atoms with E-state index in [0.29, 0.717) is 6.42 Å². The van der Waals surface area contributed by atoms with Crippen LogP contribution in [0.2, 0.25) is 0 Å². The number of aromatic nitrogens is 2. The molecule has 120 valence electrons. The molecule has 2 unspecified atom stereocenters. The number of imidazole rings is 1. The maximum Gasteiger partial charge on any atom is 0.234 e. The van der Waals surface area contributed by atoms with Crippen molar-refractivity contribution in [1.82, 2.24) is 20.8 Å². The third-order valence-electron chi connectivity index (χ3n) is 4.10. The number of halogens is 1. The van der Waals surface area contributed by atoms with Gasteiger partial charge in [0, 0.05) is 17.4 Å². The molecule has 3 aromatic rings. The number of amides is 1. The molecule has 23 heavy (non-hydrogen) atoms. The number of thiophene rings is 1. The summed E-state index contributed by atoms with van der Waals surface area (Å²) in [4.78, 5) is 19.4. The van der Waals surface area contributed by atoms with E-state index in [1.165, 1.54) is 0 Å². The van der Waals surface area contributed by atoms with E-state index in [-0.39, 0.29) is 30.3 Å². The minimum absolute atomic E-state index is 0. The number of hydrogen-bond acceptors (Lipinski definition) is 4. The second kappa shape index (κ2) is 6.31. The number of nitrogens with zero attached hydrogens (tertiary/aromatic N) is 1. The third kappa shape index (κ3) is 2.97. The highest BCUT2D eigenvalue weighted by atomic mass is 35.5. The van der Waals surface area contributed by atoms with Gasteiger partial charge in [0.2, 0.25) is 5.91 Å². The summed E-state index contributed by atoms with van der Waals surface area (Å²) in [6.07, 6.45) is 0.538. The van der Waals surface area contributed by atoms with Crippen LogP contribution < -0.4 is 10.9 Å². The van der Waals surface area contributed by atoms with Gasteiger partial charge in [-0.3, -0.25) is 10.2 Å². The quantitative estimate of drug-likeness (QED) is 0.664. The predicted octanol–water partition coefficient (Wildman–Crippen LogP) is 3.41. The second-order valence-electron chi connectivity index (χ2n) is 5.73. The molecule has 1 aliphatic rings. The summed E-state index contributed by atoms with van der Waals surface area (Å²) in [5, 5.41) is 4.13. The third-order valence-corrected chi connectivity index (χ3v) is 4.79. The zero-order valence-electron chi connectivity index (χ0n) is 12.5. The lowest BCUT2D eigenvalue weighted by Gasteiger charge is -2.30. The zero-order chi connectivity index (χ0) is 15.1. The molecule has 1 amide bonds. The van der Waals surface area contributed by atoms with Gasteiger partial charge >= 0.3 is 0 Å². The number of rotatable bonds is 2.